The van der Waals surface area contributed by atoms with Gasteiger partial charge in [0.1, 0.15) is 5.82 Å². The summed E-state index contributed by atoms with van der Waals surface area (Å²) in [6.07, 6.45) is 0.824. The molecule has 2 heterocycles. The number of nitrogens with one attached hydrogen (secondary N) is 1. The molecule has 2 rings (SSSR count). The quantitative estimate of drug-likeness (QED) is 0.903. The maximum Gasteiger partial charge on any atom is 0.274 e. The zero-order valence-electron chi connectivity index (χ0n) is 12.7. The van der Waals surface area contributed by atoms with Crippen LogP contribution in [-0.4, -0.2) is 14.6 Å². The minimum Gasteiger partial charge on any atom is -0.276 e. The summed E-state index contributed by atoms with van der Waals surface area (Å²) in [7, 11) is 0. The Morgan fingerprint density at radius 2 is 2.00 bits per heavy atom. The van der Waals surface area contributed by atoms with Crippen molar-refractivity contribution in [3.8, 4) is 0 Å². The van der Waals surface area contributed by atoms with Crippen LogP contribution in [0.15, 0.2) is 10.9 Å². The lowest BCUT2D eigenvalue weighted by atomic mass is 9.92. The Morgan fingerprint density at radius 3 is 2.53 bits per heavy atom. The second kappa shape index (κ2) is 4.51. The number of rotatable bonds is 2. The molecule has 0 fully saturated rings. The molecular weight excluding hydrogens is 238 g/mol. The van der Waals surface area contributed by atoms with E-state index < -0.39 is 0 Å². The smallest absolute Gasteiger partial charge is 0.274 e. The summed E-state index contributed by atoms with van der Waals surface area (Å²) in [6.45, 7) is 12.6. The van der Waals surface area contributed by atoms with E-state index in [0.29, 0.717) is 5.65 Å². The molecule has 0 amide bonds. The van der Waals surface area contributed by atoms with Gasteiger partial charge in [-0.15, -0.1) is 0 Å². The van der Waals surface area contributed by atoms with E-state index in [1.807, 2.05) is 26.8 Å². The van der Waals surface area contributed by atoms with Gasteiger partial charge in [0.25, 0.3) is 5.56 Å². The van der Waals surface area contributed by atoms with Crippen LogP contribution in [0.25, 0.3) is 5.65 Å². The first-order valence-electron chi connectivity index (χ1n) is 6.80. The van der Waals surface area contributed by atoms with Crippen molar-refractivity contribution in [2.75, 3.05) is 0 Å². The van der Waals surface area contributed by atoms with E-state index in [0.717, 1.165) is 23.4 Å². The molecule has 2 aromatic rings. The van der Waals surface area contributed by atoms with Crippen molar-refractivity contribution in [1.82, 2.24) is 14.6 Å². The van der Waals surface area contributed by atoms with Gasteiger partial charge in [0.2, 0.25) is 0 Å². The van der Waals surface area contributed by atoms with Gasteiger partial charge in [-0.1, -0.05) is 34.6 Å². The van der Waals surface area contributed by atoms with Crippen molar-refractivity contribution in [1.29, 1.82) is 0 Å². The zero-order valence-corrected chi connectivity index (χ0v) is 12.7. The molecule has 0 unspecified atom stereocenters. The van der Waals surface area contributed by atoms with Gasteiger partial charge in [0.05, 0.1) is 0 Å². The Bertz CT molecular complexity index is 656. The molecule has 19 heavy (non-hydrogen) atoms. The molecule has 0 aliphatic carbocycles. The highest BCUT2D eigenvalue weighted by Crippen LogP contribution is 2.20. The molecule has 0 aliphatic rings. The van der Waals surface area contributed by atoms with Gasteiger partial charge in [-0.05, 0) is 29.9 Å². The summed E-state index contributed by atoms with van der Waals surface area (Å²) in [5.74, 6) is 1.09. The third kappa shape index (κ3) is 2.72. The fourth-order valence-electron chi connectivity index (χ4n) is 2.50. The molecule has 0 saturated carbocycles. The van der Waals surface area contributed by atoms with Crippen LogP contribution in [0.4, 0.5) is 0 Å². The number of aromatic amines is 1. The summed E-state index contributed by atoms with van der Waals surface area (Å²) < 4.78 is 1.57. The van der Waals surface area contributed by atoms with Gasteiger partial charge < -0.3 is 0 Å². The van der Waals surface area contributed by atoms with Crippen LogP contribution in [0.2, 0.25) is 0 Å². The van der Waals surface area contributed by atoms with Crippen LogP contribution in [0, 0.1) is 12.3 Å². The third-order valence-electron chi connectivity index (χ3n) is 3.20. The van der Waals surface area contributed by atoms with E-state index >= 15 is 0 Å². The van der Waals surface area contributed by atoms with Crippen molar-refractivity contribution in [3.05, 3.63) is 33.4 Å². The lowest BCUT2D eigenvalue weighted by molar-refractivity contribution is 0.400. The van der Waals surface area contributed by atoms with E-state index in [1.165, 1.54) is 0 Å². The van der Waals surface area contributed by atoms with Gasteiger partial charge in [0, 0.05) is 12.0 Å². The highest BCUT2D eigenvalue weighted by atomic mass is 16.1. The van der Waals surface area contributed by atoms with Gasteiger partial charge in [-0.2, -0.15) is 4.52 Å². The average molecular weight is 261 g/mol. The highest BCUT2D eigenvalue weighted by Gasteiger charge is 2.17. The molecule has 0 bridgehead atoms. The van der Waals surface area contributed by atoms with Crippen molar-refractivity contribution >= 4 is 5.65 Å². The van der Waals surface area contributed by atoms with E-state index in [4.69, 9.17) is 0 Å². The van der Waals surface area contributed by atoms with Gasteiger partial charge in [-0.3, -0.25) is 9.89 Å². The zero-order chi connectivity index (χ0) is 14.4. The molecule has 0 aliphatic heterocycles. The SMILES string of the molecule is Cc1cc2nc(CC(C)(C)C)[nH]n2c(=O)c1C(C)C. The molecule has 4 heteroatoms. The number of hydrogen-bond donors (Lipinski definition) is 1. The minimum absolute atomic E-state index is 0.0256. The Balaban J connectivity index is 2.61. The van der Waals surface area contributed by atoms with Crippen molar-refractivity contribution in [3.63, 3.8) is 0 Å². The first-order valence-corrected chi connectivity index (χ1v) is 6.80. The summed E-state index contributed by atoms with van der Waals surface area (Å²) in [6, 6.07) is 1.99. The fraction of sp³-hybridized carbons (Fsp3) is 0.600. The molecule has 0 aromatic carbocycles. The summed E-state index contributed by atoms with van der Waals surface area (Å²) in [5, 5.41) is 3.14. The summed E-state index contributed by atoms with van der Waals surface area (Å²) >= 11 is 0. The monoisotopic (exact) mass is 261 g/mol. The molecule has 104 valence electrons. The van der Waals surface area contributed by atoms with Crippen LogP contribution in [0.5, 0.6) is 0 Å². The van der Waals surface area contributed by atoms with E-state index in [2.05, 4.69) is 30.9 Å². The normalized spacial score (nSPS) is 12.6. The number of aromatic nitrogens is 3. The van der Waals surface area contributed by atoms with E-state index in [1.54, 1.807) is 4.52 Å². The van der Waals surface area contributed by atoms with Gasteiger partial charge >= 0.3 is 0 Å². The number of hydrogen-bond acceptors (Lipinski definition) is 2. The molecule has 0 atom stereocenters. The Labute approximate surface area is 113 Å². The molecule has 0 saturated heterocycles. The standard InChI is InChI=1S/C15H23N3O/c1-9(2)13-10(3)7-12-16-11(8-15(4,5)6)17-18(12)14(13)19/h7,9H,8H2,1-6H3,(H,16,17). The number of pyridine rings is 1. The number of nitrogens with zero attached hydrogens (tertiary/aromatic N) is 2. The van der Waals surface area contributed by atoms with Crippen LogP contribution in [-0.2, 0) is 6.42 Å². The minimum atomic E-state index is 0.0256. The Kier molecular flexibility index (Phi) is 3.29. The van der Waals surface area contributed by atoms with E-state index in [9.17, 15) is 4.79 Å². The van der Waals surface area contributed by atoms with Crippen molar-refractivity contribution in [2.24, 2.45) is 5.41 Å². The number of H-pyrrole nitrogens is 1. The lowest BCUT2D eigenvalue weighted by Crippen LogP contribution is -2.21. The highest BCUT2D eigenvalue weighted by molar-refractivity contribution is 5.44. The maximum absolute atomic E-state index is 12.5. The predicted octanol–water partition coefficient (Wildman–Crippen LogP) is 3.04. The second-order valence-corrected chi connectivity index (χ2v) is 6.80. The Hall–Kier alpha value is -1.58. The second-order valence-electron chi connectivity index (χ2n) is 6.80. The first-order chi connectivity index (χ1) is 8.69. The lowest BCUT2D eigenvalue weighted by Gasteiger charge is -2.15. The molecule has 2 aromatic heterocycles. The van der Waals surface area contributed by atoms with Crippen molar-refractivity contribution in [2.45, 2.75) is 53.9 Å². The molecule has 0 radical (unpaired) electrons. The number of aryl methyl sites for hydroxylation is 1. The Morgan fingerprint density at radius 1 is 1.37 bits per heavy atom. The largest absolute Gasteiger partial charge is 0.276 e. The molecular formula is C15H23N3O. The van der Waals surface area contributed by atoms with Crippen LogP contribution in [0.3, 0.4) is 0 Å². The van der Waals surface area contributed by atoms with Gasteiger partial charge in [-0.25, -0.2) is 4.98 Å². The molecule has 0 spiro atoms. The van der Waals surface area contributed by atoms with Gasteiger partial charge in [0.15, 0.2) is 5.65 Å². The van der Waals surface area contributed by atoms with Crippen LogP contribution in [0.1, 0.15) is 57.5 Å². The summed E-state index contributed by atoms with van der Waals surface area (Å²) in [4.78, 5) is 17.0. The first kappa shape index (κ1) is 13.8. The third-order valence-corrected chi connectivity index (χ3v) is 3.20. The molecule has 1 N–H and O–H groups in total. The maximum atomic E-state index is 12.5. The predicted molar refractivity (Wildman–Crippen MR) is 77.8 cm³/mol. The molecule has 4 nitrogen and oxygen atoms in total. The van der Waals surface area contributed by atoms with Crippen molar-refractivity contribution < 1.29 is 0 Å². The van der Waals surface area contributed by atoms with E-state index in [-0.39, 0.29) is 16.9 Å². The summed E-state index contributed by atoms with van der Waals surface area (Å²) in [5.41, 5.74) is 2.77. The average Bonchev–Trinajstić information content (AvgIpc) is 2.56. The number of fused-ring (bicyclic) bond motifs is 1. The van der Waals surface area contributed by atoms with Crippen LogP contribution < -0.4 is 5.56 Å². The topological polar surface area (TPSA) is 50.2 Å². The fourth-order valence-corrected chi connectivity index (χ4v) is 2.50. The van der Waals surface area contributed by atoms with Crippen LogP contribution >= 0.6 is 0 Å².